The van der Waals surface area contributed by atoms with Crippen LogP contribution in [0.2, 0.25) is 0 Å². The number of hydrogen-bond acceptors (Lipinski definition) is 4. The first-order chi connectivity index (χ1) is 9.31. The van der Waals surface area contributed by atoms with Crippen molar-refractivity contribution >= 4 is 0 Å². The Balaban J connectivity index is 1.84. The number of ether oxygens (including phenoxy) is 1. The quantitative estimate of drug-likeness (QED) is 0.867. The minimum absolute atomic E-state index is 0.262. The second-order valence-electron chi connectivity index (χ2n) is 5.04. The van der Waals surface area contributed by atoms with Gasteiger partial charge in [-0.2, -0.15) is 0 Å². The summed E-state index contributed by atoms with van der Waals surface area (Å²) in [6.07, 6.45) is 1.18. The van der Waals surface area contributed by atoms with E-state index in [0.717, 1.165) is 45.0 Å². The number of β-amino-alcohol motifs (C(OH)–C–C–N with tert-alkyl or cyclic N) is 1. The predicted octanol–water partition coefficient (Wildman–Crippen LogP) is 1.20. The molecule has 1 heterocycles. The van der Waals surface area contributed by atoms with Gasteiger partial charge < -0.3 is 9.84 Å². The standard InChI is InChI=1S/C15H24N2O2/c1-19-15-5-3-14(4-6-15)13-17-8-2-7-16(9-10-17)11-12-18/h3-6,18H,2,7-13H2,1H3. The third-order valence-electron chi connectivity index (χ3n) is 3.66. The molecule has 0 radical (unpaired) electrons. The maximum Gasteiger partial charge on any atom is 0.118 e. The summed E-state index contributed by atoms with van der Waals surface area (Å²) in [4.78, 5) is 4.83. The summed E-state index contributed by atoms with van der Waals surface area (Å²) in [5.74, 6) is 0.911. The summed E-state index contributed by atoms with van der Waals surface area (Å²) < 4.78 is 5.18. The third-order valence-corrected chi connectivity index (χ3v) is 3.66. The number of aliphatic hydroxyl groups is 1. The van der Waals surface area contributed by atoms with Crippen molar-refractivity contribution in [2.24, 2.45) is 0 Å². The molecule has 1 aromatic rings. The van der Waals surface area contributed by atoms with Gasteiger partial charge in [-0.1, -0.05) is 12.1 Å². The fraction of sp³-hybridized carbons (Fsp3) is 0.600. The molecular formula is C15H24N2O2. The summed E-state index contributed by atoms with van der Waals surface area (Å²) in [5, 5.41) is 8.99. The highest BCUT2D eigenvalue weighted by Gasteiger charge is 2.14. The lowest BCUT2D eigenvalue weighted by Crippen LogP contribution is -2.32. The minimum atomic E-state index is 0.262. The molecular weight excluding hydrogens is 240 g/mol. The van der Waals surface area contributed by atoms with Crippen LogP contribution in [0.25, 0.3) is 0 Å². The Labute approximate surface area is 115 Å². The van der Waals surface area contributed by atoms with Crippen molar-refractivity contribution in [3.8, 4) is 5.75 Å². The van der Waals surface area contributed by atoms with Crippen LogP contribution in [-0.2, 0) is 6.54 Å². The summed E-state index contributed by atoms with van der Waals surface area (Å²) in [6.45, 7) is 6.42. The van der Waals surface area contributed by atoms with Gasteiger partial charge in [0, 0.05) is 26.2 Å². The Morgan fingerprint density at radius 2 is 1.74 bits per heavy atom. The molecule has 1 N–H and O–H groups in total. The summed E-state index contributed by atoms with van der Waals surface area (Å²) in [6, 6.07) is 8.31. The van der Waals surface area contributed by atoms with E-state index in [0.29, 0.717) is 0 Å². The van der Waals surface area contributed by atoms with Gasteiger partial charge in [-0.3, -0.25) is 9.80 Å². The fourth-order valence-electron chi connectivity index (χ4n) is 2.54. The van der Waals surface area contributed by atoms with Gasteiger partial charge in [0.05, 0.1) is 13.7 Å². The molecule has 1 aromatic carbocycles. The van der Waals surface area contributed by atoms with E-state index in [-0.39, 0.29) is 6.61 Å². The fourth-order valence-corrected chi connectivity index (χ4v) is 2.54. The Morgan fingerprint density at radius 3 is 2.42 bits per heavy atom. The molecule has 106 valence electrons. The van der Waals surface area contributed by atoms with Crippen LogP contribution < -0.4 is 4.74 Å². The molecule has 19 heavy (non-hydrogen) atoms. The lowest BCUT2D eigenvalue weighted by molar-refractivity contribution is 0.196. The van der Waals surface area contributed by atoms with Crippen LogP contribution in [0.5, 0.6) is 5.75 Å². The van der Waals surface area contributed by atoms with Crippen molar-refractivity contribution in [2.45, 2.75) is 13.0 Å². The van der Waals surface area contributed by atoms with Crippen LogP contribution in [0.15, 0.2) is 24.3 Å². The van der Waals surface area contributed by atoms with Crippen molar-refractivity contribution in [3.05, 3.63) is 29.8 Å². The van der Waals surface area contributed by atoms with E-state index >= 15 is 0 Å². The van der Waals surface area contributed by atoms with Gasteiger partial charge in [0.15, 0.2) is 0 Å². The Bertz CT molecular complexity index is 367. The number of methoxy groups -OCH3 is 1. The summed E-state index contributed by atoms with van der Waals surface area (Å²) in [7, 11) is 1.69. The highest BCUT2D eigenvalue weighted by molar-refractivity contribution is 5.27. The predicted molar refractivity (Wildman–Crippen MR) is 76.4 cm³/mol. The number of rotatable bonds is 5. The second kappa shape index (κ2) is 7.48. The van der Waals surface area contributed by atoms with Gasteiger partial charge in [0.2, 0.25) is 0 Å². The first-order valence-corrected chi connectivity index (χ1v) is 7.00. The van der Waals surface area contributed by atoms with E-state index in [1.807, 2.05) is 12.1 Å². The molecule has 0 saturated carbocycles. The average molecular weight is 264 g/mol. The van der Waals surface area contributed by atoms with Crippen molar-refractivity contribution in [1.82, 2.24) is 9.80 Å². The van der Waals surface area contributed by atoms with E-state index in [2.05, 4.69) is 21.9 Å². The Hall–Kier alpha value is -1.10. The molecule has 0 unspecified atom stereocenters. The molecule has 0 spiro atoms. The summed E-state index contributed by atoms with van der Waals surface area (Å²) >= 11 is 0. The van der Waals surface area contributed by atoms with Gasteiger partial charge in [0.25, 0.3) is 0 Å². The molecule has 4 nitrogen and oxygen atoms in total. The van der Waals surface area contributed by atoms with E-state index in [4.69, 9.17) is 9.84 Å². The Kier molecular flexibility index (Phi) is 5.63. The van der Waals surface area contributed by atoms with E-state index in [1.54, 1.807) is 7.11 Å². The highest BCUT2D eigenvalue weighted by atomic mass is 16.5. The zero-order valence-electron chi connectivity index (χ0n) is 11.7. The second-order valence-corrected chi connectivity index (χ2v) is 5.04. The van der Waals surface area contributed by atoms with Crippen molar-refractivity contribution in [2.75, 3.05) is 46.4 Å². The first kappa shape index (κ1) is 14.3. The van der Waals surface area contributed by atoms with Crippen molar-refractivity contribution in [1.29, 1.82) is 0 Å². The molecule has 0 bridgehead atoms. The van der Waals surface area contributed by atoms with E-state index in [1.165, 1.54) is 12.0 Å². The van der Waals surface area contributed by atoms with Crippen LogP contribution >= 0.6 is 0 Å². The normalized spacial score (nSPS) is 18.2. The molecule has 1 aliphatic rings. The zero-order valence-corrected chi connectivity index (χ0v) is 11.7. The van der Waals surface area contributed by atoms with Crippen LogP contribution in [-0.4, -0.2) is 61.3 Å². The van der Waals surface area contributed by atoms with Gasteiger partial charge >= 0.3 is 0 Å². The van der Waals surface area contributed by atoms with Crippen LogP contribution in [0.4, 0.5) is 0 Å². The van der Waals surface area contributed by atoms with Crippen LogP contribution in [0.1, 0.15) is 12.0 Å². The molecule has 1 saturated heterocycles. The average Bonchev–Trinajstić information content (AvgIpc) is 2.66. The molecule has 0 aromatic heterocycles. The minimum Gasteiger partial charge on any atom is -0.497 e. The topological polar surface area (TPSA) is 35.9 Å². The monoisotopic (exact) mass is 264 g/mol. The Morgan fingerprint density at radius 1 is 1.05 bits per heavy atom. The van der Waals surface area contributed by atoms with Gasteiger partial charge in [-0.15, -0.1) is 0 Å². The summed E-state index contributed by atoms with van der Waals surface area (Å²) in [5.41, 5.74) is 1.33. The smallest absolute Gasteiger partial charge is 0.118 e. The molecule has 2 rings (SSSR count). The first-order valence-electron chi connectivity index (χ1n) is 7.00. The molecule has 1 aliphatic heterocycles. The van der Waals surface area contributed by atoms with Crippen molar-refractivity contribution in [3.63, 3.8) is 0 Å². The van der Waals surface area contributed by atoms with E-state index < -0.39 is 0 Å². The van der Waals surface area contributed by atoms with Crippen LogP contribution in [0, 0.1) is 0 Å². The largest absolute Gasteiger partial charge is 0.497 e. The van der Waals surface area contributed by atoms with E-state index in [9.17, 15) is 0 Å². The molecule has 0 amide bonds. The van der Waals surface area contributed by atoms with Gasteiger partial charge in [-0.05, 0) is 37.2 Å². The molecule has 1 fully saturated rings. The number of aliphatic hydroxyl groups excluding tert-OH is 1. The molecule has 0 aliphatic carbocycles. The number of hydrogen-bond donors (Lipinski definition) is 1. The maximum absolute atomic E-state index is 8.99. The van der Waals surface area contributed by atoms with Crippen LogP contribution in [0.3, 0.4) is 0 Å². The highest BCUT2D eigenvalue weighted by Crippen LogP contribution is 2.14. The SMILES string of the molecule is COc1ccc(CN2CCCN(CCO)CC2)cc1. The van der Waals surface area contributed by atoms with Gasteiger partial charge in [-0.25, -0.2) is 0 Å². The lowest BCUT2D eigenvalue weighted by atomic mass is 10.2. The van der Waals surface area contributed by atoms with Gasteiger partial charge in [0.1, 0.15) is 5.75 Å². The van der Waals surface area contributed by atoms with Crippen molar-refractivity contribution < 1.29 is 9.84 Å². The molecule has 0 atom stereocenters. The number of nitrogens with zero attached hydrogens (tertiary/aromatic N) is 2. The number of benzene rings is 1. The molecule has 4 heteroatoms. The third kappa shape index (κ3) is 4.49. The maximum atomic E-state index is 8.99. The lowest BCUT2D eigenvalue weighted by Gasteiger charge is -2.21. The zero-order chi connectivity index (χ0) is 13.5.